The average Bonchev–Trinajstić information content (AvgIpc) is 2.68. The van der Waals surface area contributed by atoms with Crippen LogP contribution in [0.25, 0.3) is 11.3 Å². The Morgan fingerprint density at radius 2 is 1.82 bits per heavy atom. The summed E-state index contributed by atoms with van der Waals surface area (Å²) in [5.41, 5.74) is 7.42. The molecule has 0 aliphatic rings. The Morgan fingerprint density at radius 1 is 1.24 bits per heavy atom. The number of halogens is 3. The molecule has 0 saturated carbocycles. The van der Waals surface area contributed by atoms with Crippen molar-refractivity contribution >= 4 is 24.8 Å². The van der Waals surface area contributed by atoms with Gasteiger partial charge in [0.2, 0.25) is 0 Å². The lowest BCUT2D eigenvalue weighted by atomic mass is 10.2. The Bertz CT molecular complexity index is 454. The number of imidazole rings is 1. The summed E-state index contributed by atoms with van der Waals surface area (Å²) in [7, 11) is 0. The monoisotopic (exact) mass is 277 g/mol. The maximum absolute atomic E-state index is 12.7. The van der Waals surface area contributed by atoms with Crippen molar-refractivity contribution in [1.82, 2.24) is 9.97 Å². The number of aromatic nitrogens is 2. The molecule has 2 rings (SSSR count). The van der Waals surface area contributed by atoms with Crippen LogP contribution in [0.15, 0.2) is 30.5 Å². The van der Waals surface area contributed by atoms with Crippen molar-refractivity contribution in [2.45, 2.75) is 13.0 Å². The Kier molecular flexibility index (Phi) is 6.16. The van der Waals surface area contributed by atoms with Crippen LogP contribution in [0.2, 0.25) is 0 Å². The van der Waals surface area contributed by atoms with E-state index in [0.29, 0.717) is 0 Å². The highest BCUT2D eigenvalue weighted by molar-refractivity contribution is 5.85. The maximum Gasteiger partial charge on any atom is 0.123 e. The summed E-state index contributed by atoms with van der Waals surface area (Å²) in [6, 6.07) is 6.12. The van der Waals surface area contributed by atoms with E-state index in [1.165, 1.54) is 12.1 Å². The van der Waals surface area contributed by atoms with Crippen molar-refractivity contribution in [2.75, 3.05) is 0 Å². The smallest absolute Gasteiger partial charge is 0.123 e. The summed E-state index contributed by atoms with van der Waals surface area (Å²) in [6.45, 7) is 1.85. The highest BCUT2D eigenvalue weighted by atomic mass is 35.5. The molecule has 0 aliphatic heterocycles. The first-order valence-corrected chi connectivity index (χ1v) is 4.73. The van der Waals surface area contributed by atoms with E-state index in [9.17, 15) is 4.39 Å². The van der Waals surface area contributed by atoms with Gasteiger partial charge < -0.3 is 10.7 Å². The molecule has 17 heavy (non-hydrogen) atoms. The quantitative estimate of drug-likeness (QED) is 0.887. The third-order valence-electron chi connectivity index (χ3n) is 2.18. The van der Waals surface area contributed by atoms with Crippen molar-refractivity contribution in [3.63, 3.8) is 0 Å². The molecular weight excluding hydrogens is 264 g/mol. The number of aromatic amines is 1. The van der Waals surface area contributed by atoms with Crippen LogP contribution < -0.4 is 5.73 Å². The molecule has 94 valence electrons. The normalized spacial score (nSPS) is 11.2. The molecule has 0 spiro atoms. The van der Waals surface area contributed by atoms with Gasteiger partial charge in [-0.3, -0.25) is 0 Å². The second kappa shape index (κ2) is 6.59. The Balaban J connectivity index is 0.00000128. The Hall–Kier alpha value is -1.10. The van der Waals surface area contributed by atoms with Crippen molar-refractivity contribution in [1.29, 1.82) is 0 Å². The van der Waals surface area contributed by atoms with E-state index in [4.69, 9.17) is 5.73 Å². The summed E-state index contributed by atoms with van der Waals surface area (Å²) >= 11 is 0. The number of hydrogen-bond acceptors (Lipinski definition) is 2. The van der Waals surface area contributed by atoms with Gasteiger partial charge in [0, 0.05) is 0 Å². The van der Waals surface area contributed by atoms with E-state index in [1.54, 1.807) is 18.3 Å². The van der Waals surface area contributed by atoms with Crippen molar-refractivity contribution < 1.29 is 4.39 Å². The second-order valence-electron chi connectivity index (χ2n) is 3.48. The zero-order valence-electron chi connectivity index (χ0n) is 9.18. The highest BCUT2D eigenvalue weighted by Crippen LogP contribution is 2.18. The van der Waals surface area contributed by atoms with E-state index in [0.717, 1.165) is 17.1 Å². The first-order chi connectivity index (χ1) is 7.16. The van der Waals surface area contributed by atoms with Gasteiger partial charge in [0.05, 0.1) is 17.9 Å². The number of rotatable bonds is 2. The molecular formula is C11H14Cl2FN3. The van der Waals surface area contributed by atoms with Crippen LogP contribution in [0.3, 0.4) is 0 Å². The largest absolute Gasteiger partial charge is 0.341 e. The van der Waals surface area contributed by atoms with E-state index >= 15 is 0 Å². The molecule has 1 atom stereocenters. The third kappa shape index (κ3) is 3.70. The molecule has 2 aromatic rings. The average molecular weight is 278 g/mol. The van der Waals surface area contributed by atoms with E-state index in [-0.39, 0.29) is 36.7 Å². The second-order valence-corrected chi connectivity index (χ2v) is 3.48. The lowest BCUT2D eigenvalue weighted by Crippen LogP contribution is -2.06. The Morgan fingerprint density at radius 3 is 2.29 bits per heavy atom. The molecule has 1 aromatic carbocycles. The minimum absolute atomic E-state index is 0. The van der Waals surface area contributed by atoms with Gasteiger partial charge in [-0.1, -0.05) is 0 Å². The minimum atomic E-state index is -0.245. The first kappa shape index (κ1) is 15.9. The molecule has 3 nitrogen and oxygen atoms in total. The van der Waals surface area contributed by atoms with Crippen LogP contribution in [0.1, 0.15) is 18.8 Å². The van der Waals surface area contributed by atoms with Crippen molar-refractivity contribution in [3.8, 4) is 11.3 Å². The van der Waals surface area contributed by atoms with Crippen LogP contribution in [-0.4, -0.2) is 9.97 Å². The van der Waals surface area contributed by atoms with Gasteiger partial charge in [-0.15, -0.1) is 24.8 Å². The van der Waals surface area contributed by atoms with Crippen LogP contribution in [0, 0.1) is 5.82 Å². The van der Waals surface area contributed by atoms with Crippen LogP contribution in [0.5, 0.6) is 0 Å². The zero-order chi connectivity index (χ0) is 10.8. The van der Waals surface area contributed by atoms with Crippen LogP contribution >= 0.6 is 24.8 Å². The van der Waals surface area contributed by atoms with Crippen molar-refractivity contribution in [2.24, 2.45) is 5.73 Å². The summed E-state index contributed by atoms with van der Waals surface area (Å²) in [4.78, 5) is 7.23. The summed E-state index contributed by atoms with van der Waals surface area (Å²) in [5, 5.41) is 0. The lowest BCUT2D eigenvalue weighted by molar-refractivity contribution is 0.628. The number of nitrogens with two attached hydrogens (primary N) is 1. The van der Waals surface area contributed by atoms with Gasteiger partial charge in [0.15, 0.2) is 0 Å². The van der Waals surface area contributed by atoms with Crippen LogP contribution in [0.4, 0.5) is 4.39 Å². The standard InChI is InChI=1S/C11H12FN3.2ClH/c1-7(13)11-14-6-10(15-11)8-2-4-9(12)5-3-8;;/h2-7H,13H2,1H3,(H,14,15);2*1H. The molecule has 0 aliphatic carbocycles. The lowest BCUT2D eigenvalue weighted by Gasteiger charge is -1.99. The Labute approximate surface area is 111 Å². The summed E-state index contributed by atoms with van der Waals surface area (Å²) in [5.74, 6) is 0.486. The fraction of sp³-hybridized carbons (Fsp3) is 0.182. The van der Waals surface area contributed by atoms with Gasteiger partial charge in [-0.2, -0.15) is 0 Å². The van der Waals surface area contributed by atoms with Gasteiger partial charge in [-0.05, 0) is 36.8 Å². The van der Waals surface area contributed by atoms with Crippen molar-refractivity contribution in [3.05, 3.63) is 42.1 Å². The van der Waals surface area contributed by atoms with Gasteiger partial charge in [-0.25, -0.2) is 9.37 Å². The molecule has 1 unspecified atom stereocenters. The molecule has 0 bridgehead atoms. The predicted octanol–water partition coefficient (Wildman–Crippen LogP) is 3.08. The fourth-order valence-electron chi connectivity index (χ4n) is 1.34. The molecule has 0 saturated heterocycles. The van der Waals surface area contributed by atoms with Gasteiger partial charge in [0.25, 0.3) is 0 Å². The molecule has 1 heterocycles. The summed E-state index contributed by atoms with van der Waals surface area (Å²) < 4.78 is 12.7. The zero-order valence-corrected chi connectivity index (χ0v) is 10.8. The molecule has 1 aromatic heterocycles. The van der Waals surface area contributed by atoms with Gasteiger partial charge >= 0.3 is 0 Å². The van der Waals surface area contributed by atoms with E-state index in [1.807, 2.05) is 6.92 Å². The minimum Gasteiger partial charge on any atom is -0.341 e. The number of hydrogen-bond donors (Lipinski definition) is 2. The highest BCUT2D eigenvalue weighted by Gasteiger charge is 2.06. The molecule has 0 amide bonds. The fourth-order valence-corrected chi connectivity index (χ4v) is 1.34. The third-order valence-corrected chi connectivity index (χ3v) is 2.18. The number of nitrogens with one attached hydrogen (secondary N) is 1. The first-order valence-electron chi connectivity index (χ1n) is 4.73. The molecule has 0 fully saturated rings. The molecule has 3 N–H and O–H groups in total. The van der Waals surface area contributed by atoms with Crippen LogP contribution in [-0.2, 0) is 0 Å². The van der Waals surface area contributed by atoms with Gasteiger partial charge in [0.1, 0.15) is 11.6 Å². The number of benzene rings is 1. The number of H-pyrrole nitrogens is 1. The topological polar surface area (TPSA) is 54.7 Å². The summed E-state index contributed by atoms with van der Waals surface area (Å²) in [6.07, 6.45) is 1.70. The SMILES string of the molecule is CC(N)c1ncc(-c2ccc(F)cc2)[nH]1.Cl.Cl. The van der Waals surface area contributed by atoms with E-state index in [2.05, 4.69) is 9.97 Å². The molecule has 0 radical (unpaired) electrons. The van der Waals surface area contributed by atoms with E-state index < -0.39 is 0 Å². The number of nitrogens with zero attached hydrogens (tertiary/aromatic N) is 1. The maximum atomic E-state index is 12.7. The molecule has 6 heteroatoms. The predicted molar refractivity (Wildman–Crippen MR) is 71.1 cm³/mol.